The molecule has 0 rings (SSSR count). The van der Waals surface area contributed by atoms with Crippen LogP contribution in [0.2, 0.25) is 0 Å². The molecule has 0 aromatic rings. The maximum absolute atomic E-state index is 12.8. The molecule has 0 aliphatic heterocycles. The first kappa shape index (κ1) is 66.4. The molecule has 0 fully saturated rings. The summed E-state index contributed by atoms with van der Waals surface area (Å²) < 4.78 is 16.9. The van der Waals surface area contributed by atoms with Crippen molar-refractivity contribution in [2.75, 3.05) is 13.2 Å². The van der Waals surface area contributed by atoms with E-state index in [1.54, 1.807) is 0 Å². The Bertz CT molecular complexity index is 1200. The van der Waals surface area contributed by atoms with E-state index in [2.05, 4.69) is 69.4 Å². The molecule has 69 heavy (non-hydrogen) atoms. The van der Waals surface area contributed by atoms with Crippen molar-refractivity contribution in [2.24, 2.45) is 0 Å². The second-order valence-corrected chi connectivity index (χ2v) is 20.2. The molecule has 6 nitrogen and oxygen atoms in total. The highest BCUT2D eigenvalue weighted by molar-refractivity contribution is 5.71. The summed E-state index contributed by atoms with van der Waals surface area (Å²) in [7, 11) is 0. The normalized spacial score (nSPS) is 12.3. The molecule has 0 radical (unpaired) electrons. The van der Waals surface area contributed by atoms with Crippen LogP contribution in [0.25, 0.3) is 0 Å². The van der Waals surface area contributed by atoms with Crippen LogP contribution in [0.4, 0.5) is 0 Å². The molecule has 0 saturated carbocycles. The molecule has 0 heterocycles. The fraction of sp³-hybridized carbons (Fsp3) is 0.825. The molecule has 0 bridgehead atoms. The van der Waals surface area contributed by atoms with Gasteiger partial charge in [0.05, 0.1) is 0 Å². The Hall–Kier alpha value is -2.63. The fourth-order valence-electron chi connectivity index (χ4n) is 8.85. The lowest BCUT2D eigenvalue weighted by atomic mass is 10.0. The quantitative estimate of drug-likeness (QED) is 0.0262. The Kier molecular flexibility index (Phi) is 55.7. The molecule has 0 amide bonds. The van der Waals surface area contributed by atoms with E-state index in [4.69, 9.17) is 14.2 Å². The van der Waals surface area contributed by atoms with Gasteiger partial charge in [-0.15, -0.1) is 0 Å². The Labute approximate surface area is 428 Å². The lowest BCUT2D eigenvalue weighted by Crippen LogP contribution is -2.30. The molecule has 0 aromatic carbocycles. The number of hydrogen-bond acceptors (Lipinski definition) is 6. The van der Waals surface area contributed by atoms with Crippen LogP contribution >= 0.6 is 0 Å². The molecule has 1 atom stereocenters. The highest BCUT2D eigenvalue weighted by Gasteiger charge is 2.19. The standard InChI is InChI=1S/C63H114O6/c1-4-7-10-13-16-19-22-25-27-29-30-31-32-34-36-39-41-44-47-50-53-56-62(65)68-59-60(69-63(66)57-54-51-48-45-42-37-24-21-18-15-12-9-6-3)58-67-61(64)55-52-49-46-43-40-38-35-33-28-26-23-20-17-14-11-8-5-2/h8,11,17,20,26,28,35,38,60H,4-7,9-10,12-16,18-19,21-25,27,29-34,36-37,39-59H2,1-3H3/b11-8-,20-17-,28-26-,38-35-/t60-/m1/s1. The Morgan fingerprint density at radius 2 is 0.565 bits per heavy atom. The molecule has 0 N–H and O–H groups in total. The summed E-state index contributed by atoms with van der Waals surface area (Å²) in [5.74, 6) is -0.882. The summed E-state index contributed by atoms with van der Waals surface area (Å²) >= 11 is 0. The van der Waals surface area contributed by atoms with Crippen molar-refractivity contribution in [3.05, 3.63) is 48.6 Å². The van der Waals surface area contributed by atoms with E-state index in [1.165, 1.54) is 180 Å². The molecule has 0 aliphatic carbocycles. The monoisotopic (exact) mass is 967 g/mol. The molecule has 0 aliphatic rings. The minimum Gasteiger partial charge on any atom is -0.462 e. The lowest BCUT2D eigenvalue weighted by Gasteiger charge is -2.18. The molecule has 0 unspecified atom stereocenters. The van der Waals surface area contributed by atoms with E-state index >= 15 is 0 Å². The van der Waals surface area contributed by atoms with Crippen LogP contribution in [-0.4, -0.2) is 37.2 Å². The van der Waals surface area contributed by atoms with E-state index in [0.717, 1.165) is 96.3 Å². The Morgan fingerprint density at radius 3 is 0.884 bits per heavy atom. The first-order chi connectivity index (χ1) is 34.0. The van der Waals surface area contributed by atoms with Crippen molar-refractivity contribution < 1.29 is 28.6 Å². The van der Waals surface area contributed by atoms with Crippen LogP contribution in [0.15, 0.2) is 48.6 Å². The second-order valence-electron chi connectivity index (χ2n) is 20.2. The molecular formula is C63H114O6. The van der Waals surface area contributed by atoms with E-state index in [0.29, 0.717) is 19.3 Å². The SMILES string of the molecule is CC/C=C\C/C=C\C/C=C\C/C=C\CCCCCCC(=O)OC[C@H](COC(=O)CCCCCCCCCCCCCCCCCCCCCCC)OC(=O)CCCCCCCCCCCCCCC. The number of esters is 3. The van der Waals surface area contributed by atoms with Gasteiger partial charge in [-0.05, 0) is 57.8 Å². The van der Waals surface area contributed by atoms with E-state index < -0.39 is 6.10 Å². The van der Waals surface area contributed by atoms with Crippen LogP contribution < -0.4 is 0 Å². The third-order valence-corrected chi connectivity index (χ3v) is 13.3. The van der Waals surface area contributed by atoms with Crippen LogP contribution in [0.5, 0.6) is 0 Å². The molecule has 0 saturated heterocycles. The van der Waals surface area contributed by atoms with Crippen LogP contribution in [0.3, 0.4) is 0 Å². The van der Waals surface area contributed by atoms with Crippen LogP contribution in [0.1, 0.15) is 316 Å². The zero-order valence-electron chi connectivity index (χ0n) is 46.1. The van der Waals surface area contributed by atoms with Gasteiger partial charge in [0.2, 0.25) is 0 Å². The van der Waals surface area contributed by atoms with Gasteiger partial charge in [0.15, 0.2) is 6.10 Å². The number of allylic oxidation sites excluding steroid dienone is 8. The first-order valence-electron chi connectivity index (χ1n) is 30.1. The number of unbranched alkanes of at least 4 members (excludes halogenated alkanes) is 36. The summed E-state index contributed by atoms with van der Waals surface area (Å²) in [6, 6.07) is 0. The van der Waals surface area contributed by atoms with Gasteiger partial charge < -0.3 is 14.2 Å². The highest BCUT2D eigenvalue weighted by Crippen LogP contribution is 2.17. The molecule has 0 aromatic heterocycles. The minimum absolute atomic E-state index is 0.0764. The van der Waals surface area contributed by atoms with Gasteiger partial charge in [-0.3, -0.25) is 14.4 Å². The van der Waals surface area contributed by atoms with E-state index in [-0.39, 0.29) is 31.1 Å². The maximum atomic E-state index is 12.8. The first-order valence-corrected chi connectivity index (χ1v) is 30.1. The number of carbonyl (C=O) groups excluding carboxylic acids is 3. The van der Waals surface area contributed by atoms with Crippen molar-refractivity contribution in [3.63, 3.8) is 0 Å². The average molecular weight is 968 g/mol. The van der Waals surface area contributed by atoms with Gasteiger partial charge in [0, 0.05) is 19.3 Å². The van der Waals surface area contributed by atoms with Crippen LogP contribution in [-0.2, 0) is 28.6 Å². The summed E-state index contributed by atoms with van der Waals surface area (Å²) in [6.45, 7) is 6.55. The minimum atomic E-state index is -0.779. The number of hydrogen-bond donors (Lipinski definition) is 0. The third-order valence-electron chi connectivity index (χ3n) is 13.3. The van der Waals surface area contributed by atoms with E-state index in [1.807, 2.05) is 0 Å². The largest absolute Gasteiger partial charge is 0.462 e. The van der Waals surface area contributed by atoms with Crippen molar-refractivity contribution in [2.45, 2.75) is 322 Å². The highest BCUT2D eigenvalue weighted by atomic mass is 16.6. The molecule has 0 spiro atoms. The molecule has 6 heteroatoms. The second kappa shape index (κ2) is 57.9. The molecular weight excluding hydrogens is 853 g/mol. The van der Waals surface area contributed by atoms with Gasteiger partial charge >= 0.3 is 17.9 Å². The van der Waals surface area contributed by atoms with Crippen molar-refractivity contribution in [1.82, 2.24) is 0 Å². The number of rotatable bonds is 55. The van der Waals surface area contributed by atoms with Crippen molar-refractivity contribution in [1.29, 1.82) is 0 Å². The van der Waals surface area contributed by atoms with Gasteiger partial charge in [0.25, 0.3) is 0 Å². The summed E-state index contributed by atoms with van der Waals surface area (Å²) in [4.78, 5) is 38.2. The topological polar surface area (TPSA) is 78.9 Å². The smallest absolute Gasteiger partial charge is 0.306 e. The maximum Gasteiger partial charge on any atom is 0.306 e. The summed E-state index contributed by atoms with van der Waals surface area (Å²) in [6.07, 6.45) is 71.1. The fourth-order valence-corrected chi connectivity index (χ4v) is 8.85. The predicted octanol–water partition coefficient (Wildman–Crippen LogP) is 20.2. The van der Waals surface area contributed by atoms with Crippen molar-refractivity contribution >= 4 is 17.9 Å². The average Bonchev–Trinajstić information content (AvgIpc) is 3.35. The lowest BCUT2D eigenvalue weighted by molar-refractivity contribution is -0.167. The Morgan fingerprint density at radius 1 is 0.304 bits per heavy atom. The zero-order valence-corrected chi connectivity index (χ0v) is 46.1. The van der Waals surface area contributed by atoms with Crippen LogP contribution in [0, 0.1) is 0 Å². The van der Waals surface area contributed by atoms with Gasteiger partial charge in [-0.1, -0.05) is 288 Å². The number of carbonyl (C=O) groups is 3. The third kappa shape index (κ3) is 56.2. The Balaban J connectivity index is 4.31. The van der Waals surface area contributed by atoms with Gasteiger partial charge in [-0.25, -0.2) is 0 Å². The van der Waals surface area contributed by atoms with E-state index in [9.17, 15) is 14.4 Å². The molecule has 402 valence electrons. The van der Waals surface area contributed by atoms with Gasteiger partial charge in [0.1, 0.15) is 13.2 Å². The summed E-state index contributed by atoms with van der Waals surface area (Å²) in [5, 5.41) is 0. The van der Waals surface area contributed by atoms with Gasteiger partial charge in [-0.2, -0.15) is 0 Å². The zero-order chi connectivity index (χ0) is 50.0. The van der Waals surface area contributed by atoms with Crippen molar-refractivity contribution in [3.8, 4) is 0 Å². The number of ether oxygens (including phenoxy) is 3. The summed E-state index contributed by atoms with van der Waals surface area (Å²) in [5.41, 5.74) is 0. The predicted molar refractivity (Wildman–Crippen MR) is 298 cm³/mol.